The normalized spacial score (nSPS) is 15.2. The van der Waals surface area contributed by atoms with E-state index in [0.29, 0.717) is 18.0 Å². The first-order valence-corrected chi connectivity index (χ1v) is 11.4. The highest BCUT2D eigenvalue weighted by Crippen LogP contribution is 2.30. The predicted molar refractivity (Wildman–Crippen MR) is 111 cm³/mol. The van der Waals surface area contributed by atoms with E-state index < -0.39 is 10.0 Å². The molecule has 3 rings (SSSR count). The summed E-state index contributed by atoms with van der Waals surface area (Å²) in [4.78, 5) is 14.9. The number of carbonyl (C=O) groups excluding carboxylic acids is 1. The second-order valence-electron chi connectivity index (χ2n) is 7.48. The van der Waals surface area contributed by atoms with E-state index in [4.69, 9.17) is 0 Å². The zero-order valence-electron chi connectivity index (χ0n) is 16.5. The van der Waals surface area contributed by atoms with Gasteiger partial charge in [0.2, 0.25) is 10.0 Å². The van der Waals surface area contributed by atoms with Gasteiger partial charge in [0.05, 0.1) is 4.90 Å². The fraction of sp³-hybridized carbons (Fsp3) is 0.409. The molecule has 0 bridgehead atoms. The maximum absolute atomic E-state index is 12.9. The van der Waals surface area contributed by atoms with Crippen LogP contribution >= 0.6 is 0 Å². The third kappa shape index (κ3) is 5.20. The largest absolute Gasteiger partial charge is 0.338 e. The molecule has 5 nitrogen and oxygen atoms in total. The van der Waals surface area contributed by atoms with Crippen LogP contribution in [0.25, 0.3) is 0 Å². The first kappa shape index (κ1) is 20.6. The van der Waals surface area contributed by atoms with Crippen LogP contribution in [-0.2, 0) is 10.0 Å². The zero-order chi connectivity index (χ0) is 20.1. The molecule has 1 N–H and O–H groups in total. The van der Waals surface area contributed by atoms with Crippen molar-refractivity contribution in [3.63, 3.8) is 0 Å². The van der Waals surface area contributed by atoms with Crippen molar-refractivity contribution in [2.75, 3.05) is 13.1 Å². The first-order valence-electron chi connectivity index (χ1n) is 9.87. The van der Waals surface area contributed by atoms with E-state index in [1.165, 1.54) is 25.0 Å². The minimum Gasteiger partial charge on any atom is -0.338 e. The van der Waals surface area contributed by atoms with Gasteiger partial charge in [0.1, 0.15) is 0 Å². The Kier molecular flexibility index (Phi) is 6.52. The van der Waals surface area contributed by atoms with Gasteiger partial charge in [0.15, 0.2) is 0 Å². The average Bonchev–Trinajstić information content (AvgIpc) is 3.52. The van der Waals surface area contributed by atoms with E-state index in [1.54, 1.807) is 19.1 Å². The Hall–Kier alpha value is -2.18. The number of benzene rings is 2. The maximum atomic E-state index is 12.9. The van der Waals surface area contributed by atoms with E-state index in [9.17, 15) is 13.2 Å². The van der Waals surface area contributed by atoms with E-state index >= 15 is 0 Å². The number of rotatable bonds is 9. The van der Waals surface area contributed by atoms with Crippen LogP contribution in [0.15, 0.2) is 59.5 Å². The first-order chi connectivity index (χ1) is 13.4. The van der Waals surface area contributed by atoms with Crippen LogP contribution in [0.5, 0.6) is 0 Å². The highest BCUT2D eigenvalue weighted by molar-refractivity contribution is 7.89. The van der Waals surface area contributed by atoms with Crippen LogP contribution in [0, 0.1) is 5.92 Å². The highest BCUT2D eigenvalue weighted by atomic mass is 32.2. The Bertz CT molecular complexity index is 908. The van der Waals surface area contributed by atoms with Gasteiger partial charge in [-0.1, -0.05) is 43.3 Å². The molecule has 150 valence electrons. The van der Waals surface area contributed by atoms with Crippen LogP contribution in [0.1, 0.15) is 55.1 Å². The summed E-state index contributed by atoms with van der Waals surface area (Å²) in [5.41, 5.74) is 1.31. The van der Waals surface area contributed by atoms with Crippen molar-refractivity contribution in [2.45, 2.75) is 44.0 Å². The molecule has 1 fully saturated rings. The quantitative estimate of drug-likeness (QED) is 0.692. The average molecular weight is 401 g/mol. The predicted octanol–water partition coefficient (Wildman–Crippen LogP) is 3.99. The van der Waals surface area contributed by atoms with Crippen molar-refractivity contribution < 1.29 is 13.2 Å². The lowest BCUT2D eigenvalue weighted by molar-refractivity contribution is 0.0747. The molecule has 1 aliphatic carbocycles. The number of nitrogens with zero attached hydrogens (tertiary/aromatic N) is 1. The standard InChI is InChI=1S/C22H28N2O3S/c1-3-14-24(16-18-12-13-18)22(25)20-10-7-11-21(15-20)28(26,27)23-17(2)19-8-5-4-6-9-19/h4-11,15,17-18,23H,3,12-14,16H2,1-2H3. The molecule has 1 atom stereocenters. The molecule has 1 unspecified atom stereocenters. The molecule has 2 aromatic carbocycles. The molecule has 0 aromatic heterocycles. The summed E-state index contributed by atoms with van der Waals surface area (Å²) in [5.74, 6) is 0.498. The lowest BCUT2D eigenvalue weighted by Crippen LogP contribution is -2.34. The van der Waals surface area contributed by atoms with Crippen LogP contribution in [-0.4, -0.2) is 32.3 Å². The fourth-order valence-corrected chi connectivity index (χ4v) is 4.52. The molecule has 1 amide bonds. The molecule has 0 aliphatic heterocycles. The summed E-state index contributed by atoms with van der Waals surface area (Å²) in [7, 11) is -3.73. The van der Waals surface area contributed by atoms with Crippen molar-refractivity contribution in [3.8, 4) is 0 Å². The topological polar surface area (TPSA) is 66.5 Å². The summed E-state index contributed by atoms with van der Waals surface area (Å²) in [6, 6.07) is 15.4. The third-order valence-electron chi connectivity index (χ3n) is 4.98. The Morgan fingerprint density at radius 3 is 2.50 bits per heavy atom. The highest BCUT2D eigenvalue weighted by Gasteiger charge is 2.27. The van der Waals surface area contributed by atoms with Gasteiger partial charge in [0.25, 0.3) is 5.91 Å². The molecular weight excluding hydrogens is 372 g/mol. The summed E-state index contributed by atoms with van der Waals surface area (Å²) in [5, 5.41) is 0. The molecular formula is C22H28N2O3S. The second kappa shape index (κ2) is 8.88. The number of hydrogen-bond donors (Lipinski definition) is 1. The third-order valence-corrected chi connectivity index (χ3v) is 6.52. The number of carbonyl (C=O) groups is 1. The van der Waals surface area contributed by atoms with Crippen LogP contribution in [0.3, 0.4) is 0 Å². The van der Waals surface area contributed by atoms with Gasteiger partial charge in [-0.15, -0.1) is 0 Å². The molecule has 28 heavy (non-hydrogen) atoms. The fourth-order valence-electron chi connectivity index (χ4n) is 3.25. The molecule has 6 heteroatoms. The van der Waals surface area contributed by atoms with Gasteiger partial charge in [0, 0.05) is 24.7 Å². The maximum Gasteiger partial charge on any atom is 0.253 e. The molecule has 0 saturated heterocycles. The van der Waals surface area contributed by atoms with E-state index in [0.717, 1.165) is 18.5 Å². The van der Waals surface area contributed by atoms with E-state index in [2.05, 4.69) is 4.72 Å². The van der Waals surface area contributed by atoms with Gasteiger partial charge < -0.3 is 4.90 Å². The van der Waals surface area contributed by atoms with E-state index in [-0.39, 0.29) is 16.8 Å². The molecule has 1 saturated carbocycles. The van der Waals surface area contributed by atoms with Gasteiger partial charge in [-0.25, -0.2) is 13.1 Å². The SMILES string of the molecule is CCCN(CC1CC1)C(=O)c1cccc(S(=O)(=O)NC(C)c2ccccc2)c1. The van der Waals surface area contributed by atoms with Crippen LogP contribution in [0.2, 0.25) is 0 Å². The van der Waals surface area contributed by atoms with Crippen LogP contribution in [0.4, 0.5) is 0 Å². The summed E-state index contributed by atoms with van der Waals surface area (Å²) in [6.45, 7) is 5.30. The molecule has 0 radical (unpaired) electrons. The summed E-state index contributed by atoms with van der Waals surface area (Å²) >= 11 is 0. The van der Waals surface area contributed by atoms with Gasteiger partial charge >= 0.3 is 0 Å². The Morgan fingerprint density at radius 2 is 1.86 bits per heavy atom. The van der Waals surface area contributed by atoms with Gasteiger partial charge in [-0.2, -0.15) is 0 Å². The van der Waals surface area contributed by atoms with E-state index in [1.807, 2.05) is 42.2 Å². The lowest BCUT2D eigenvalue weighted by atomic mass is 10.1. The number of sulfonamides is 1. The summed E-state index contributed by atoms with van der Waals surface area (Å²) < 4.78 is 28.4. The van der Waals surface area contributed by atoms with Crippen LogP contribution < -0.4 is 4.72 Å². The second-order valence-corrected chi connectivity index (χ2v) is 9.19. The Morgan fingerprint density at radius 1 is 1.14 bits per heavy atom. The summed E-state index contributed by atoms with van der Waals surface area (Å²) in [6.07, 6.45) is 3.22. The minimum atomic E-state index is -3.73. The van der Waals surface area contributed by atoms with Crippen molar-refractivity contribution in [3.05, 3.63) is 65.7 Å². The minimum absolute atomic E-state index is 0.0955. The van der Waals surface area contributed by atoms with Crippen molar-refractivity contribution >= 4 is 15.9 Å². The number of hydrogen-bond acceptors (Lipinski definition) is 3. The molecule has 2 aromatic rings. The monoisotopic (exact) mass is 400 g/mol. The van der Waals surface area contributed by atoms with Gasteiger partial charge in [-0.3, -0.25) is 4.79 Å². The number of nitrogens with one attached hydrogen (secondary N) is 1. The van der Waals surface area contributed by atoms with Crippen molar-refractivity contribution in [1.29, 1.82) is 0 Å². The lowest BCUT2D eigenvalue weighted by Gasteiger charge is -2.22. The zero-order valence-corrected chi connectivity index (χ0v) is 17.3. The Labute approximate surface area is 167 Å². The van der Waals surface area contributed by atoms with Crippen molar-refractivity contribution in [2.24, 2.45) is 5.92 Å². The van der Waals surface area contributed by atoms with Crippen molar-refractivity contribution in [1.82, 2.24) is 9.62 Å². The number of amides is 1. The molecule has 0 heterocycles. The smallest absolute Gasteiger partial charge is 0.253 e. The molecule has 0 spiro atoms. The van der Waals surface area contributed by atoms with Gasteiger partial charge in [-0.05, 0) is 55.9 Å². The molecule has 1 aliphatic rings. The Balaban J connectivity index is 1.78.